The lowest BCUT2D eigenvalue weighted by atomic mass is 10.2. The van der Waals surface area contributed by atoms with Gasteiger partial charge in [0.15, 0.2) is 0 Å². The molecule has 0 aromatic heterocycles. The number of nitro groups is 1. The van der Waals surface area contributed by atoms with Crippen LogP contribution >= 0.6 is 0 Å². The first-order valence-electron chi connectivity index (χ1n) is 7.87. The number of carbonyl (C=O) groups excluding carboxylic acids is 1. The standard InChI is InChI=1S/C16H22FN3O5/c1-16(2,3)25-15(21)19-7-5-18(6-8-19)12-9-11(17)10-13(24-4)14(12)20(22)23/h9-10H,5-8H2,1-4H3. The van der Waals surface area contributed by atoms with Gasteiger partial charge in [0.05, 0.1) is 12.0 Å². The van der Waals surface area contributed by atoms with E-state index < -0.39 is 22.4 Å². The molecule has 0 unspecified atom stereocenters. The molecule has 1 aromatic rings. The summed E-state index contributed by atoms with van der Waals surface area (Å²) in [6, 6.07) is 2.10. The van der Waals surface area contributed by atoms with E-state index in [9.17, 15) is 19.3 Å². The zero-order chi connectivity index (χ0) is 18.8. The third kappa shape index (κ3) is 4.49. The number of rotatable bonds is 3. The third-order valence-electron chi connectivity index (χ3n) is 3.69. The van der Waals surface area contributed by atoms with E-state index in [1.807, 2.05) is 0 Å². The first-order chi connectivity index (χ1) is 11.6. The number of anilines is 1. The molecule has 1 aliphatic heterocycles. The van der Waals surface area contributed by atoms with Gasteiger partial charge in [-0.2, -0.15) is 0 Å². The number of carbonyl (C=O) groups is 1. The summed E-state index contributed by atoms with van der Waals surface area (Å²) in [7, 11) is 1.26. The Morgan fingerprint density at radius 3 is 2.32 bits per heavy atom. The predicted octanol–water partition coefficient (Wildman–Crippen LogP) is 2.80. The van der Waals surface area contributed by atoms with Crippen LogP contribution in [-0.2, 0) is 4.74 Å². The van der Waals surface area contributed by atoms with Gasteiger partial charge in [-0.1, -0.05) is 0 Å². The number of methoxy groups -OCH3 is 1. The van der Waals surface area contributed by atoms with Crippen LogP contribution in [0.5, 0.6) is 5.75 Å². The molecule has 2 rings (SSSR count). The number of hydrogen-bond donors (Lipinski definition) is 0. The highest BCUT2D eigenvalue weighted by molar-refractivity contribution is 5.72. The third-order valence-corrected chi connectivity index (χ3v) is 3.69. The van der Waals surface area contributed by atoms with Crippen molar-refractivity contribution in [2.45, 2.75) is 26.4 Å². The molecule has 0 saturated carbocycles. The van der Waals surface area contributed by atoms with Gasteiger partial charge in [-0.15, -0.1) is 0 Å². The first-order valence-corrected chi connectivity index (χ1v) is 7.87. The first kappa shape index (κ1) is 18.8. The van der Waals surface area contributed by atoms with Gasteiger partial charge < -0.3 is 19.3 Å². The fourth-order valence-corrected chi connectivity index (χ4v) is 2.60. The van der Waals surface area contributed by atoms with Crippen LogP contribution in [0.1, 0.15) is 20.8 Å². The second-order valence-corrected chi connectivity index (χ2v) is 6.69. The molecule has 0 aliphatic carbocycles. The Bertz CT molecular complexity index is 666. The lowest BCUT2D eigenvalue weighted by molar-refractivity contribution is -0.385. The van der Waals surface area contributed by atoms with Crippen molar-refractivity contribution in [1.82, 2.24) is 4.90 Å². The van der Waals surface area contributed by atoms with Gasteiger partial charge in [-0.25, -0.2) is 9.18 Å². The van der Waals surface area contributed by atoms with Crippen LogP contribution in [-0.4, -0.2) is 54.8 Å². The van der Waals surface area contributed by atoms with Gasteiger partial charge in [-0.05, 0) is 20.8 Å². The molecule has 0 N–H and O–H groups in total. The highest BCUT2D eigenvalue weighted by Crippen LogP contribution is 2.38. The van der Waals surface area contributed by atoms with Crippen molar-refractivity contribution in [3.8, 4) is 5.75 Å². The molecule has 1 heterocycles. The van der Waals surface area contributed by atoms with Gasteiger partial charge >= 0.3 is 11.8 Å². The molecule has 1 fully saturated rings. The van der Waals surface area contributed by atoms with Crippen LogP contribution in [0, 0.1) is 15.9 Å². The lowest BCUT2D eigenvalue weighted by Gasteiger charge is -2.36. The van der Waals surface area contributed by atoms with Crippen molar-refractivity contribution >= 4 is 17.5 Å². The summed E-state index contributed by atoms with van der Waals surface area (Å²) < 4.78 is 24.0. The SMILES string of the molecule is COc1cc(F)cc(N2CCN(C(=O)OC(C)(C)C)CC2)c1[N+](=O)[O-]. The van der Waals surface area contributed by atoms with Gasteiger partial charge in [0, 0.05) is 38.3 Å². The molecule has 0 spiro atoms. The summed E-state index contributed by atoms with van der Waals surface area (Å²) in [5, 5.41) is 11.4. The summed E-state index contributed by atoms with van der Waals surface area (Å²) >= 11 is 0. The van der Waals surface area contributed by atoms with Crippen molar-refractivity contribution in [1.29, 1.82) is 0 Å². The van der Waals surface area contributed by atoms with Crippen LogP contribution in [0.4, 0.5) is 20.6 Å². The number of ether oxygens (including phenoxy) is 2. The van der Waals surface area contributed by atoms with Gasteiger partial charge in [0.25, 0.3) is 0 Å². The Kier molecular flexibility index (Phi) is 5.34. The van der Waals surface area contributed by atoms with Crippen LogP contribution in [0.25, 0.3) is 0 Å². The van der Waals surface area contributed by atoms with Crippen molar-refractivity contribution in [3.05, 3.63) is 28.1 Å². The summed E-state index contributed by atoms with van der Waals surface area (Å²) in [6.07, 6.45) is -0.432. The number of nitro benzene ring substituents is 1. The van der Waals surface area contributed by atoms with E-state index in [2.05, 4.69) is 0 Å². The van der Waals surface area contributed by atoms with Crippen molar-refractivity contribution in [2.24, 2.45) is 0 Å². The van der Waals surface area contributed by atoms with Crippen molar-refractivity contribution < 1.29 is 23.6 Å². The normalized spacial score (nSPS) is 15.1. The Labute approximate surface area is 145 Å². The maximum absolute atomic E-state index is 13.8. The maximum Gasteiger partial charge on any atom is 0.410 e. The van der Waals surface area contributed by atoms with Crippen molar-refractivity contribution in [3.63, 3.8) is 0 Å². The average Bonchev–Trinajstić information content (AvgIpc) is 2.52. The summed E-state index contributed by atoms with van der Waals surface area (Å²) in [5.74, 6) is -0.749. The summed E-state index contributed by atoms with van der Waals surface area (Å²) in [6.45, 7) is 6.64. The minimum absolute atomic E-state index is 0.130. The molecule has 0 atom stereocenters. The molecule has 1 saturated heterocycles. The second kappa shape index (κ2) is 7.12. The molecule has 9 heteroatoms. The molecule has 25 heavy (non-hydrogen) atoms. The van der Waals surface area contributed by atoms with Crippen LogP contribution in [0.15, 0.2) is 12.1 Å². The number of halogens is 1. The Morgan fingerprint density at radius 1 is 1.24 bits per heavy atom. The summed E-state index contributed by atoms with van der Waals surface area (Å²) in [5.41, 5.74) is -0.733. The summed E-state index contributed by atoms with van der Waals surface area (Å²) in [4.78, 5) is 26.1. The Balaban J connectivity index is 2.17. The molecule has 8 nitrogen and oxygen atoms in total. The number of piperazine rings is 1. The number of amides is 1. The van der Waals surface area contributed by atoms with E-state index >= 15 is 0 Å². The highest BCUT2D eigenvalue weighted by atomic mass is 19.1. The van der Waals surface area contributed by atoms with E-state index in [0.29, 0.717) is 26.2 Å². The quantitative estimate of drug-likeness (QED) is 0.612. The Hall–Kier alpha value is -2.58. The number of nitrogens with zero attached hydrogens (tertiary/aromatic N) is 3. The zero-order valence-corrected chi connectivity index (χ0v) is 14.7. The van der Waals surface area contributed by atoms with E-state index in [1.54, 1.807) is 25.7 Å². The van der Waals surface area contributed by atoms with Crippen LogP contribution < -0.4 is 9.64 Å². The second-order valence-electron chi connectivity index (χ2n) is 6.69. The maximum atomic E-state index is 13.8. The fraction of sp³-hybridized carbons (Fsp3) is 0.562. The zero-order valence-electron chi connectivity index (χ0n) is 14.7. The lowest BCUT2D eigenvalue weighted by Crippen LogP contribution is -2.50. The van der Waals surface area contributed by atoms with E-state index in [1.165, 1.54) is 12.0 Å². The fourth-order valence-electron chi connectivity index (χ4n) is 2.60. The minimum Gasteiger partial charge on any atom is -0.490 e. The van der Waals surface area contributed by atoms with E-state index in [4.69, 9.17) is 9.47 Å². The average molecular weight is 355 g/mol. The monoisotopic (exact) mass is 355 g/mol. The molecule has 0 radical (unpaired) electrons. The van der Waals surface area contributed by atoms with Gasteiger partial charge in [-0.3, -0.25) is 10.1 Å². The molecular formula is C16H22FN3O5. The molecule has 1 amide bonds. The Morgan fingerprint density at radius 2 is 1.84 bits per heavy atom. The molecule has 1 aliphatic rings. The van der Waals surface area contributed by atoms with E-state index in [-0.39, 0.29) is 17.1 Å². The largest absolute Gasteiger partial charge is 0.490 e. The van der Waals surface area contributed by atoms with Crippen molar-refractivity contribution in [2.75, 3.05) is 38.2 Å². The molecule has 1 aromatic carbocycles. The van der Waals surface area contributed by atoms with Gasteiger partial charge in [0.2, 0.25) is 5.75 Å². The molecule has 0 bridgehead atoms. The topological polar surface area (TPSA) is 85.2 Å². The van der Waals surface area contributed by atoms with E-state index in [0.717, 1.165) is 12.1 Å². The number of hydrogen-bond acceptors (Lipinski definition) is 6. The predicted molar refractivity (Wildman–Crippen MR) is 89.6 cm³/mol. The molecular weight excluding hydrogens is 333 g/mol. The van der Waals surface area contributed by atoms with Crippen LogP contribution in [0.3, 0.4) is 0 Å². The minimum atomic E-state index is -0.618. The number of benzene rings is 1. The molecule has 138 valence electrons. The smallest absolute Gasteiger partial charge is 0.410 e. The van der Waals surface area contributed by atoms with Gasteiger partial charge in [0.1, 0.15) is 17.1 Å². The highest BCUT2D eigenvalue weighted by Gasteiger charge is 2.31. The van der Waals surface area contributed by atoms with Crippen LogP contribution in [0.2, 0.25) is 0 Å².